The van der Waals surface area contributed by atoms with E-state index in [1.807, 2.05) is 35.1 Å². The Morgan fingerprint density at radius 3 is 3.00 bits per heavy atom. The van der Waals surface area contributed by atoms with Crippen LogP contribution in [0.25, 0.3) is 0 Å². The van der Waals surface area contributed by atoms with Crippen molar-refractivity contribution in [2.45, 2.75) is 31.8 Å². The zero-order chi connectivity index (χ0) is 19.8. The van der Waals surface area contributed by atoms with Crippen LogP contribution in [-0.4, -0.2) is 22.5 Å². The molecule has 5 rings (SSSR count). The Kier molecular flexibility index (Phi) is 4.64. The highest BCUT2D eigenvalue weighted by atomic mass is 35.5. The second-order valence-electron chi connectivity index (χ2n) is 7.32. The highest BCUT2D eigenvalue weighted by Gasteiger charge is 2.26. The summed E-state index contributed by atoms with van der Waals surface area (Å²) >= 11 is 6.11. The highest BCUT2D eigenvalue weighted by Crippen LogP contribution is 2.34. The minimum absolute atomic E-state index is 0.0511. The van der Waals surface area contributed by atoms with Crippen molar-refractivity contribution < 1.29 is 14.3 Å². The van der Waals surface area contributed by atoms with Crippen LogP contribution in [-0.2, 0) is 13.0 Å². The predicted octanol–water partition coefficient (Wildman–Crippen LogP) is 4.12. The van der Waals surface area contributed by atoms with Crippen molar-refractivity contribution in [1.29, 1.82) is 0 Å². The lowest BCUT2D eigenvalue weighted by molar-refractivity contribution is 0.0932. The number of halogens is 1. The van der Waals surface area contributed by atoms with Crippen molar-refractivity contribution in [3.8, 4) is 11.5 Å². The van der Waals surface area contributed by atoms with E-state index in [0.29, 0.717) is 23.6 Å². The summed E-state index contributed by atoms with van der Waals surface area (Å²) in [4.78, 5) is 12.8. The first-order chi connectivity index (χ1) is 14.2. The Hall–Kier alpha value is -2.99. The number of nitrogens with zero attached hydrogens (tertiary/aromatic N) is 2. The van der Waals surface area contributed by atoms with E-state index >= 15 is 0 Å². The first-order valence-corrected chi connectivity index (χ1v) is 10.0. The molecule has 7 heteroatoms. The third-order valence-electron chi connectivity index (χ3n) is 5.42. The average molecular weight is 410 g/mol. The Morgan fingerprint density at radius 1 is 1.21 bits per heavy atom. The number of fused-ring (bicyclic) bond motifs is 2. The van der Waals surface area contributed by atoms with Gasteiger partial charge in [0.2, 0.25) is 6.79 Å². The monoisotopic (exact) mass is 409 g/mol. The van der Waals surface area contributed by atoms with E-state index in [2.05, 4.69) is 10.4 Å². The van der Waals surface area contributed by atoms with Crippen molar-refractivity contribution in [2.24, 2.45) is 0 Å². The van der Waals surface area contributed by atoms with E-state index in [1.165, 1.54) is 5.69 Å². The van der Waals surface area contributed by atoms with Gasteiger partial charge in [-0.1, -0.05) is 23.7 Å². The molecule has 1 aliphatic heterocycles. The third-order valence-corrected chi connectivity index (χ3v) is 5.66. The lowest BCUT2D eigenvalue weighted by Gasteiger charge is -2.24. The first kappa shape index (κ1) is 18.1. The molecule has 0 spiro atoms. The number of ether oxygens (including phenoxy) is 2. The maximum absolute atomic E-state index is 12.8. The largest absolute Gasteiger partial charge is 0.454 e. The molecular weight excluding hydrogens is 390 g/mol. The average Bonchev–Trinajstić information content (AvgIpc) is 3.35. The lowest BCUT2D eigenvalue weighted by atomic mass is 9.92. The fourth-order valence-corrected chi connectivity index (χ4v) is 4.21. The number of hydrogen-bond donors (Lipinski definition) is 1. The van der Waals surface area contributed by atoms with E-state index < -0.39 is 0 Å². The molecule has 2 aromatic carbocycles. The van der Waals surface area contributed by atoms with Crippen LogP contribution < -0.4 is 14.8 Å². The van der Waals surface area contributed by atoms with Crippen LogP contribution in [0.3, 0.4) is 0 Å². The summed E-state index contributed by atoms with van der Waals surface area (Å²) < 4.78 is 12.7. The zero-order valence-corrected chi connectivity index (χ0v) is 16.5. The highest BCUT2D eigenvalue weighted by molar-refractivity contribution is 6.30. The van der Waals surface area contributed by atoms with Gasteiger partial charge in [0.1, 0.15) is 0 Å². The normalized spacial score (nSPS) is 17.1. The lowest BCUT2D eigenvalue weighted by Crippen LogP contribution is -2.31. The van der Waals surface area contributed by atoms with Gasteiger partial charge in [-0.3, -0.25) is 9.48 Å². The molecule has 1 N–H and O–H groups in total. The number of carbonyl (C=O) groups is 1. The van der Waals surface area contributed by atoms with E-state index in [1.54, 1.807) is 18.2 Å². The topological polar surface area (TPSA) is 65.4 Å². The molecule has 148 valence electrons. The van der Waals surface area contributed by atoms with Gasteiger partial charge in [0.05, 0.1) is 18.8 Å². The number of benzene rings is 2. The molecule has 0 saturated heterocycles. The Morgan fingerprint density at radius 2 is 2.10 bits per heavy atom. The summed E-state index contributed by atoms with van der Waals surface area (Å²) in [5.74, 6) is 1.16. The molecule has 3 aromatic rings. The summed E-state index contributed by atoms with van der Waals surface area (Å²) in [6.07, 6.45) is 4.72. The van der Waals surface area contributed by atoms with E-state index in [0.717, 1.165) is 35.4 Å². The molecule has 0 radical (unpaired) electrons. The molecule has 29 heavy (non-hydrogen) atoms. The maximum atomic E-state index is 12.8. The summed E-state index contributed by atoms with van der Waals surface area (Å²) in [6.45, 7) is 0.858. The SMILES string of the molecule is O=C(N[C@H]1CCCc2c1cnn2Cc1cccc(Cl)c1)c1ccc2c(c1)OCO2. The van der Waals surface area contributed by atoms with Gasteiger partial charge in [0.15, 0.2) is 11.5 Å². The van der Waals surface area contributed by atoms with Gasteiger partial charge >= 0.3 is 0 Å². The minimum Gasteiger partial charge on any atom is -0.454 e. The van der Waals surface area contributed by atoms with E-state index in [9.17, 15) is 4.79 Å². The van der Waals surface area contributed by atoms with E-state index in [4.69, 9.17) is 21.1 Å². The Bertz CT molecular complexity index is 1080. The number of amides is 1. The molecular formula is C22H20ClN3O3. The van der Waals surface area contributed by atoms with Crippen LogP contribution >= 0.6 is 11.6 Å². The van der Waals surface area contributed by atoms with Crippen LogP contribution in [0.15, 0.2) is 48.7 Å². The molecule has 1 amide bonds. The summed E-state index contributed by atoms with van der Waals surface area (Å²) in [7, 11) is 0. The van der Waals surface area contributed by atoms with E-state index in [-0.39, 0.29) is 18.7 Å². The van der Waals surface area contributed by atoms with Crippen molar-refractivity contribution in [2.75, 3.05) is 6.79 Å². The van der Waals surface area contributed by atoms with Gasteiger partial charge in [0.25, 0.3) is 5.91 Å². The zero-order valence-electron chi connectivity index (χ0n) is 15.7. The summed E-state index contributed by atoms with van der Waals surface area (Å²) in [6, 6.07) is 13.0. The number of hydrogen-bond acceptors (Lipinski definition) is 4. The fraction of sp³-hybridized carbons (Fsp3) is 0.273. The van der Waals surface area contributed by atoms with Crippen LogP contribution in [0.1, 0.15) is 46.1 Å². The molecule has 0 saturated carbocycles. The van der Waals surface area contributed by atoms with Crippen molar-refractivity contribution >= 4 is 17.5 Å². The number of carbonyl (C=O) groups excluding carboxylic acids is 1. The van der Waals surface area contributed by atoms with Crippen molar-refractivity contribution in [3.63, 3.8) is 0 Å². The predicted molar refractivity (Wildman–Crippen MR) is 108 cm³/mol. The maximum Gasteiger partial charge on any atom is 0.251 e. The van der Waals surface area contributed by atoms with Gasteiger partial charge in [0, 0.05) is 21.8 Å². The van der Waals surface area contributed by atoms with Crippen LogP contribution in [0, 0.1) is 0 Å². The first-order valence-electron chi connectivity index (χ1n) is 9.67. The second kappa shape index (κ2) is 7.44. The third kappa shape index (κ3) is 3.56. The molecule has 1 atom stereocenters. The van der Waals surface area contributed by atoms with Gasteiger partial charge in [-0.15, -0.1) is 0 Å². The Labute approximate surface area is 173 Å². The molecule has 1 aromatic heterocycles. The molecule has 6 nitrogen and oxygen atoms in total. The van der Waals surface area contributed by atoms with Crippen LogP contribution in [0.2, 0.25) is 5.02 Å². The molecule has 0 fully saturated rings. The molecule has 2 heterocycles. The molecule has 0 bridgehead atoms. The summed E-state index contributed by atoms with van der Waals surface area (Å²) in [5, 5.41) is 8.46. The van der Waals surface area contributed by atoms with Gasteiger partial charge < -0.3 is 14.8 Å². The standard InChI is InChI=1S/C22H20ClN3O3/c23-16-4-1-3-14(9-16)12-26-19-6-2-5-18(17(19)11-24-26)25-22(27)15-7-8-20-21(10-15)29-13-28-20/h1,3-4,7-11,18H,2,5-6,12-13H2,(H,25,27)/t18-/m0/s1. The quantitative estimate of drug-likeness (QED) is 0.704. The second-order valence-corrected chi connectivity index (χ2v) is 7.76. The smallest absolute Gasteiger partial charge is 0.251 e. The molecule has 2 aliphatic rings. The molecule has 1 aliphatic carbocycles. The number of rotatable bonds is 4. The fourth-order valence-electron chi connectivity index (χ4n) is 3.99. The van der Waals surface area contributed by atoms with Gasteiger partial charge in [-0.05, 0) is 55.2 Å². The number of aromatic nitrogens is 2. The van der Waals surface area contributed by atoms with Crippen molar-refractivity contribution in [1.82, 2.24) is 15.1 Å². The van der Waals surface area contributed by atoms with Crippen molar-refractivity contribution in [3.05, 3.63) is 76.1 Å². The van der Waals surface area contributed by atoms with Gasteiger partial charge in [-0.2, -0.15) is 5.10 Å². The number of nitrogens with one attached hydrogen (secondary N) is 1. The summed E-state index contributed by atoms with van der Waals surface area (Å²) in [5.41, 5.74) is 3.93. The molecule has 0 unspecified atom stereocenters. The Balaban J connectivity index is 1.34. The van der Waals surface area contributed by atoms with Crippen LogP contribution in [0.5, 0.6) is 11.5 Å². The van der Waals surface area contributed by atoms with Crippen LogP contribution in [0.4, 0.5) is 0 Å². The minimum atomic E-state index is -0.122. The van der Waals surface area contributed by atoms with Gasteiger partial charge in [-0.25, -0.2) is 0 Å².